The van der Waals surface area contributed by atoms with Gasteiger partial charge in [0.25, 0.3) is 0 Å². The highest BCUT2D eigenvalue weighted by atomic mass is 32.1. The molecule has 2 aromatic carbocycles. The van der Waals surface area contributed by atoms with E-state index in [4.69, 9.17) is 33.9 Å². The second-order valence-electron chi connectivity index (χ2n) is 5.87. The molecule has 0 unspecified atom stereocenters. The van der Waals surface area contributed by atoms with Gasteiger partial charge in [-0.2, -0.15) is 5.11 Å². The van der Waals surface area contributed by atoms with Crippen molar-refractivity contribution in [2.45, 2.75) is 13.8 Å². The molecule has 10 nitrogen and oxygen atoms in total. The van der Waals surface area contributed by atoms with E-state index in [0.717, 1.165) is 0 Å². The molecular formula is C20H22N6O4S2. The molecule has 0 fully saturated rings. The van der Waals surface area contributed by atoms with Crippen LogP contribution in [-0.2, 0) is 9.47 Å². The first-order valence-electron chi connectivity index (χ1n) is 9.51. The fourth-order valence-electron chi connectivity index (χ4n) is 2.24. The van der Waals surface area contributed by atoms with E-state index < -0.39 is 12.2 Å². The van der Waals surface area contributed by atoms with Crippen molar-refractivity contribution >= 4 is 69.6 Å². The second-order valence-corrected chi connectivity index (χ2v) is 6.68. The molecule has 0 aliphatic heterocycles. The number of benzene rings is 2. The van der Waals surface area contributed by atoms with Gasteiger partial charge in [-0.05, 0) is 68.6 Å². The summed E-state index contributed by atoms with van der Waals surface area (Å²) >= 11 is 10.3. The lowest BCUT2D eigenvalue weighted by molar-refractivity contribution is 0.157. The van der Waals surface area contributed by atoms with Crippen LogP contribution < -0.4 is 21.3 Å². The predicted molar refractivity (Wildman–Crippen MR) is 130 cm³/mol. The summed E-state index contributed by atoms with van der Waals surface area (Å²) < 4.78 is 9.61. The highest BCUT2D eigenvalue weighted by Crippen LogP contribution is 2.30. The molecule has 4 N–H and O–H groups in total. The molecule has 0 aromatic heterocycles. The number of ether oxygens (including phenoxy) is 2. The molecular weight excluding hydrogens is 452 g/mol. The molecule has 0 aliphatic rings. The number of nitrogens with zero attached hydrogens (tertiary/aromatic N) is 2. The second kappa shape index (κ2) is 12.9. The van der Waals surface area contributed by atoms with Gasteiger partial charge in [-0.3, -0.25) is 10.6 Å². The highest BCUT2D eigenvalue weighted by Gasteiger charge is 2.11. The third-order valence-corrected chi connectivity index (χ3v) is 3.92. The van der Waals surface area contributed by atoms with E-state index in [1.165, 1.54) is 0 Å². The van der Waals surface area contributed by atoms with Gasteiger partial charge in [0.05, 0.1) is 24.6 Å². The number of alkyl carbamates (subject to hydrolysis) is 2. The SMILES string of the molecule is CCOC(=O)NC(=S)Nc1ccc(N=Nc2ccccc2)c(NC(=S)NC(=O)OCC)c1. The zero-order chi connectivity index (χ0) is 23.3. The van der Waals surface area contributed by atoms with Crippen LogP contribution in [0.2, 0.25) is 0 Å². The van der Waals surface area contributed by atoms with E-state index in [1.807, 2.05) is 18.2 Å². The van der Waals surface area contributed by atoms with Crippen LogP contribution in [0, 0.1) is 0 Å². The van der Waals surface area contributed by atoms with E-state index in [1.54, 1.807) is 44.2 Å². The van der Waals surface area contributed by atoms with Crippen LogP contribution >= 0.6 is 24.4 Å². The van der Waals surface area contributed by atoms with Gasteiger partial charge in [0, 0.05) is 5.69 Å². The summed E-state index contributed by atoms with van der Waals surface area (Å²) in [5.41, 5.74) is 2.05. The van der Waals surface area contributed by atoms with Gasteiger partial charge in [-0.25, -0.2) is 9.59 Å². The maximum atomic E-state index is 11.6. The smallest absolute Gasteiger partial charge is 0.413 e. The zero-order valence-corrected chi connectivity index (χ0v) is 19.0. The molecule has 2 aromatic rings. The average Bonchev–Trinajstić information content (AvgIpc) is 2.74. The molecule has 2 rings (SSSR count). The molecule has 168 valence electrons. The quantitative estimate of drug-likeness (QED) is 0.341. The Morgan fingerprint density at radius 1 is 0.844 bits per heavy atom. The summed E-state index contributed by atoms with van der Waals surface area (Å²) in [6, 6.07) is 14.2. The van der Waals surface area contributed by atoms with E-state index in [9.17, 15) is 9.59 Å². The number of hydrogen-bond acceptors (Lipinski definition) is 8. The number of thiocarbonyl (C=S) groups is 2. The van der Waals surface area contributed by atoms with Crippen molar-refractivity contribution in [2.24, 2.45) is 10.2 Å². The number of azo groups is 1. The molecule has 0 heterocycles. The lowest BCUT2D eigenvalue weighted by Gasteiger charge is -2.14. The molecule has 32 heavy (non-hydrogen) atoms. The third kappa shape index (κ3) is 8.62. The Labute approximate surface area is 195 Å². The number of hydrogen-bond donors (Lipinski definition) is 4. The zero-order valence-electron chi connectivity index (χ0n) is 17.4. The van der Waals surface area contributed by atoms with Crippen LogP contribution in [0.3, 0.4) is 0 Å². The summed E-state index contributed by atoms with van der Waals surface area (Å²) in [7, 11) is 0. The van der Waals surface area contributed by atoms with E-state index in [-0.39, 0.29) is 23.4 Å². The van der Waals surface area contributed by atoms with Gasteiger partial charge in [0.2, 0.25) is 0 Å². The summed E-state index contributed by atoms with van der Waals surface area (Å²) in [6.45, 7) is 3.79. The maximum absolute atomic E-state index is 11.6. The summed E-state index contributed by atoms with van der Waals surface area (Å²) in [5, 5.41) is 19.0. The Balaban J connectivity index is 2.21. The number of amides is 2. The average molecular weight is 475 g/mol. The third-order valence-electron chi connectivity index (χ3n) is 3.51. The van der Waals surface area contributed by atoms with Gasteiger partial charge in [-0.15, -0.1) is 5.11 Å². The Hall–Kier alpha value is -3.64. The van der Waals surface area contributed by atoms with Crippen molar-refractivity contribution < 1.29 is 19.1 Å². The molecule has 0 saturated carbocycles. The highest BCUT2D eigenvalue weighted by molar-refractivity contribution is 7.80. The van der Waals surface area contributed by atoms with Gasteiger partial charge in [0.1, 0.15) is 5.69 Å². The Bertz CT molecular complexity index is 1000. The minimum absolute atomic E-state index is 0.00369. The minimum Gasteiger partial charge on any atom is -0.450 e. The molecule has 0 aliphatic carbocycles. The summed E-state index contributed by atoms with van der Waals surface area (Å²) in [6.07, 6.45) is -1.36. The number of nitrogens with one attached hydrogen (secondary N) is 4. The fraction of sp³-hybridized carbons (Fsp3) is 0.200. The molecule has 0 radical (unpaired) electrons. The van der Waals surface area contributed by atoms with E-state index in [2.05, 4.69) is 31.5 Å². The number of carbonyl (C=O) groups is 2. The standard InChI is InChI=1S/C20H22N6O4S2/c1-3-29-19(27)23-17(31)21-14-10-11-15(26-25-13-8-6-5-7-9-13)16(12-14)22-18(32)24-20(28)30-4-2/h5-12H,3-4H2,1-2H3,(H2,21,23,27,31)(H2,22,24,28,32). The molecule has 0 bridgehead atoms. The van der Waals surface area contributed by atoms with E-state index in [0.29, 0.717) is 22.7 Å². The van der Waals surface area contributed by atoms with Gasteiger partial charge in [0.15, 0.2) is 10.2 Å². The van der Waals surface area contributed by atoms with Crippen molar-refractivity contribution in [1.82, 2.24) is 10.6 Å². The minimum atomic E-state index is -0.688. The molecule has 0 atom stereocenters. The molecule has 2 amide bonds. The first-order valence-corrected chi connectivity index (χ1v) is 10.3. The fourth-order valence-corrected chi connectivity index (χ4v) is 2.64. The van der Waals surface area contributed by atoms with Crippen molar-refractivity contribution in [2.75, 3.05) is 23.8 Å². The lowest BCUT2D eigenvalue weighted by Crippen LogP contribution is -2.35. The maximum Gasteiger partial charge on any atom is 0.413 e. The van der Waals surface area contributed by atoms with Crippen LogP contribution in [0.4, 0.5) is 32.3 Å². The van der Waals surface area contributed by atoms with Crippen molar-refractivity contribution in [3.63, 3.8) is 0 Å². The monoisotopic (exact) mass is 474 g/mol. The molecule has 12 heteroatoms. The van der Waals surface area contributed by atoms with Gasteiger partial charge < -0.3 is 20.1 Å². The van der Waals surface area contributed by atoms with Crippen LogP contribution in [0.5, 0.6) is 0 Å². The summed E-state index contributed by atoms with van der Waals surface area (Å²) in [4.78, 5) is 23.1. The predicted octanol–water partition coefficient (Wildman–Crippen LogP) is 4.99. The molecule has 0 saturated heterocycles. The first-order chi connectivity index (χ1) is 15.4. The number of carbonyl (C=O) groups excluding carboxylic acids is 2. The molecule has 0 spiro atoms. The first kappa shape index (κ1) is 24.6. The van der Waals surface area contributed by atoms with Crippen molar-refractivity contribution in [1.29, 1.82) is 0 Å². The van der Waals surface area contributed by atoms with Crippen LogP contribution in [-0.4, -0.2) is 35.6 Å². The Kier molecular flexibility index (Phi) is 9.94. The number of anilines is 2. The van der Waals surface area contributed by atoms with Crippen LogP contribution in [0.1, 0.15) is 13.8 Å². The summed E-state index contributed by atoms with van der Waals surface area (Å²) in [5.74, 6) is 0. The topological polar surface area (TPSA) is 125 Å². The van der Waals surface area contributed by atoms with Crippen molar-refractivity contribution in [3.8, 4) is 0 Å². The number of rotatable bonds is 6. The Morgan fingerprint density at radius 2 is 1.44 bits per heavy atom. The van der Waals surface area contributed by atoms with E-state index >= 15 is 0 Å². The normalized spacial score (nSPS) is 10.2. The van der Waals surface area contributed by atoms with Crippen LogP contribution in [0.25, 0.3) is 0 Å². The largest absolute Gasteiger partial charge is 0.450 e. The van der Waals surface area contributed by atoms with Crippen LogP contribution in [0.15, 0.2) is 58.8 Å². The lowest BCUT2D eigenvalue weighted by atomic mass is 10.2. The van der Waals surface area contributed by atoms with Crippen molar-refractivity contribution in [3.05, 3.63) is 48.5 Å². The Morgan fingerprint density at radius 3 is 2.03 bits per heavy atom. The van der Waals surface area contributed by atoms with Gasteiger partial charge >= 0.3 is 12.2 Å². The van der Waals surface area contributed by atoms with Gasteiger partial charge in [-0.1, -0.05) is 18.2 Å².